The minimum atomic E-state index is -0.700. The lowest BCUT2D eigenvalue weighted by molar-refractivity contribution is -0.147. The molecule has 1 aliphatic rings. The molecule has 1 atom stereocenters. The molecule has 1 aromatic heterocycles. The summed E-state index contributed by atoms with van der Waals surface area (Å²) in [6.07, 6.45) is 1.61. The molecule has 4 heteroatoms. The predicted molar refractivity (Wildman–Crippen MR) is 63.7 cm³/mol. The summed E-state index contributed by atoms with van der Waals surface area (Å²) in [6, 6.07) is 3.97. The largest absolute Gasteiger partial charge is 0.481 e. The van der Waals surface area contributed by atoms with Gasteiger partial charge in [-0.25, -0.2) is 0 Å². The molecule has 0 saturated carbocycles. The van der Waals surface area contributed by atoms with E-state index in [1.807, 2.05) is 19.1 Å². The Bertz CT molecular complexity index is 413. The van der Waals surface area contributed by atoms with E-state index in [2.05, 4.69) is 11.8 Å². The number of furan rings is 1. The molecule has 1 aromatic rings. The lowest BCUT2D eigenvalue weighted by Crippen LogP contribution is -2.31. The van der Waals surface area contributed by atoms with E-state index >= 15 is 0 Å². The lowest BCUT2D eigenvalue weighted by Gasteiger charge is -2.19. The van der Waals surface area contributed by atoms with Crippen molar-refractivity contribution >= 4 is 5.97 Å². The van der Waals surface area contributed by atoms with Gasteiger partial charge in [0.25, 0.3) is 0 Å². The molecule has 1 aliphatic heterocycles. The normalized spacial score (nSPS) is 25.3. The summed E-state index contributed by atoms with van der Waals surface area (Å²) >= 11 is 0. The zero-order chi connectivity index (χ0) is 12.5. The Morgan fingerprint density at radius 1 is 1.53 bits per heavy atom. The first-order valence-electron chi connectivity index (χ1n) is 6.07. The van der Waals surface area contributed by atoms with Crippen molar-refractivity contribution < 1.29 is 14.3 Å². The number of likely N-dealkylation sites (tertiary alicyclic amines) is 1. The van der Waals surface area contributed by atoms with Gasteiger partial charge >= 0.3 is 5.97 Å². The quantitative estimate of drug-likeness (QED) is 0.871. The summed E-state index contributed by atoms with van der Waals surface area (Å²) in [7, 11) is 0. The number of nitrogens with zero attached hydrogens (tertiary/aromatic N) is 1. The Morgan fingerprint density at radius 3 is 2.76 bits per heavy atom. The molecule has 0 spiro atoms. The van der Waals surface area contributed by atoms with Crippen LogP contribution in [0.2, 0.25) is 0 Å². The van der Waals surface area contributed by atoms with E-state index in [1.165, 1.54) is 0 Å². The Morgan fingerprint density at radius 2 is 2.24 bits per heavy atom. The molecule has 4 nitrogen and oxygen atoms in total. The van der Waals surface area contributed by atoms with Crippen LogP contribution < -0.4 is 0 Å². The summed E-state index contributed by atoms with van der Waals surface area (Å²) in [5, 5.41) is 9.15. The van der Waals surface area contributed by atoms with Crippen LogP contribution in [-0.4, -0.2) is 29.1 Å². The first-order valence-corrected chi connectivity index (χ1v) is 6.07. The minimum absolute atomic E-state index is 0.597. The molecule has 2 heterocycles. The van der Waals surface area contributed by atoms with Gasteiger partial charge < -0.3 is 9.52 Å². The van der Waals surface area contributed by atoms with Gasteiger partial charge in [0.15, 0.2) is 0 Å². The molecule has 0 aromatic carbocycles. The van der Waals surface area contributed by atoms with Crippen LogP contribution in [0.25, 0.3) is 0 Å². The number of hydrogen-bond donors (Lipinski definition) is 1. The Balaban J connectivity index is 1.96. The van der Waals surface area contributed by atoms with Crippen molar-refractivity contribution in [2.24, 2.45) is 5.41 Å². The third-order valence-corrected chi connectivity index (χ3v) is 3.51. The van der Waals surface area contributed by atoms with E-state index < -0.39 is 11.4 Å². The second-order valence-corrected chi connectivity index (χ2v) is 5.05. The van der Waals surface area contributed by atoms with E-state index in [-0.39, 0.29) is 0 Å². The van der Waals surface area contributed by atoms with Crippen molar-refractivity contribution in [2.75, 3.05) is 13.1 Å². The summed E-state index contributed by atoms with van der Waals surface area (Å²) in [5.74, 6) is 1.21. The van der Waals surface area contributed by atoms with Gasteiger partial charge in [0.05, 0.1) is 12.0 Å². The number of hydrogen-bond acceptors (Lipinski definition) is 3. The van der Waals surface area contributed by atoms with Crippen LogP contribution in [0.5, 0.6) is 0 Å². The SMILES string of the molecule is CCc1ccc(CN2CCC(C)(C(=O)O)C2)o1. The Labute approximate surface area is 101 Å². The number of aliphatic carboxylic acids is 1. The lowest BCUT2D eigenvalue weighted by atomic mass is 9.90. The average Bonchev–Trinajstić information content (AvgIpc) is 2.87. The fraction of sp³-hybridized carbons (Fsp3) is 0.615. The second kappa shape index (κ2) is 4.53. The molecule has 0 bridgehead atoms. The van der Waals surface area contributed by atoms with E-state index in [1.54, 1.807) is 0 Å². The maximum atomic E-state index is 11.1. The van der Waals surface area contributed by atoms with Crippen LogP contribution in [0.15, 0.2) is 16.5 Å². The number of aryl methyl sites for hydroxylation is 1. The third kappa shape index (κ3) is 2.52. The Kier molecular flexibility index (Phi) is 3.24. The number of carboxylic acids is 1. The molecule has 1 saturated heterocycles. The number of carbonyl (C=O) groups is 1. The van der Waals surface area contributed by atoms with Crippen molar-refractivity contribution in [1.82, 2.24) is 4.90 Å². The van der Waals surface area contributed by atoms with E-state index in [9.17, 15) is 4.79 Å². The highest BCUT2D eigenvalue weighted by atomic mass is 16.4. The average molecular weight is 237 g/mol. The molecule has 94 valence electrons. The van der Waals surface area contributed by atoms with Crippen LogP contribution >= 0.6 is 0 Å². The van der Waals surface area contributed by atoms with Gasteiger partial charge in [-0.3, -0.25) is 9.69 Å². The van der Waals surface area contributed by atoms with Gasteiger partial charge in [0.2, 0.25) is 0 Å². The highest BCUT2D eigenvalue weighted by Crippen LogP contribution is 2.31. The summed E-state index contributed by atoms with van der Waals surface area (Å²) in [4.78, 5) is 13.3. The summed E-state index contributed by atoms with van der Waals surface area (Å²) in [5.41, 5.74) is -0.597. The fourth-order valence-electron chi connectivity index (χ4n) is 2.28. The first kappa shape index (κ1) is 12.2. The molecule has 1 N–H and O–H groups in total. The zero-order valence-corrected chi connectivity index (χ0v) is 10.4. The van der Waals surface area contributed by atoms with Crippen molar-refractivity contribution in [3.8, 4) is 0 Å². The van der Waals surface area contributed by atoms with Crippen molar-refractivity contribution in [2.45, 2.75) is 33.2 Å². The molecule has 0 radical (unpaired) electrons. The van der Waals surface area contributed by atoms with Crippen LogP contribution in [0.1, 0.15) is 31.8 Å². The van der Waals surface area contributed by atoms with Crippen LogP contribution in [-0.2, 0) is 17.8 Å². The highest BCUT2D eigenvalue weighted by molar-refractivity contribution is 5.74. The molecule has 0 aliphatic carbocycles. The minimum Gasteiger partial charge on any atom is -0.481 e. The molecule has 1 unspecified atom stereocenters. The standard InChI is InChI=1S/C13H19NO3/c1-3-10-4-5-11(17-10)8-14-7-6-13(2,9-14)12(15)16/h4-5H,3,6-9H2,1-2H3,(H,15,16). The maximum Gasteiger partial charge on any atom is 0.310 e. The van der Waals surface area contributed by atoms with Crippen LogP contribution in [0, 0.1) is 5.41 Å². The van der Waals surface area contributed by atoms with Gasteiger partial charge in [0.1, 0.15) is 11.5 Å². The number of rotatable bonds is 4. The van der Waals surface area contributed by atoms with E-state index in [0.717, 1.165) is 24.5 Å². The molecular formula is C13H19NO3. The molecular weight excluding hydrogens is 218 g/mol. The smallest absolute Gasteiger partial charge is 0.310 e. The topological polar surface area (TPSA) is 53.7 Å². The summed E-state index contributed by atoms with van der Waals surface area (Å²) < 4.78 is 5.63. The first-order chi connectivity index (χ1) is 8.03. The number of carboxylic acid groups (broad SMARTS) is 1. The molecule has 0 amide bonds. The van der Waals surface area contributed by atoms with Gasteiger partial charge in [-0.15, -0.1) is 0 Å². The van der Waals surface area contributed by atoms with E-state index in [0.29, 0.717) is 19.5 Å². The summed E-state index contributed by atoms with van der Waals surface area (Å²) in [6.45, 7) is 6.01. The second-order valence-electron chi connectivity index (χ2n) is 5.05. The van der Waals surface area contributed by atoms with Crippen molar-refractivity contribution in [3.05, 3.63) is 23.7 Å². The van der Waals surface area contributed by atoms with Crippen LogP contribution in [0.3, 0.4) is 0 Å². The van der Waals surface area contributed by atoms with E-state index in [4.69, 9.17) is 9.52 Å². The highest BCUT2D eigenvalue weighted by Gasteiger charge is 2.40. The molecule has 2 rings (SSSR count). The van der Waals surface area contributed by atoms with Crippen molar-refractivity contribution in [3.63, 3.8) is 0 Å². The van der Waals surface area contributed by atoms with Gasteiger partial charge in [0, 0.05) is 13.0 Å². The fourth-order valence-corrected chi connectivity index (χ4v) is 2.28. The monoisotopic (exact) mass is 237 g/mol. The third-order valence-electron chi connectivity index (χ3n) is 3.51. The van der Waals surface area contributed by atoms with Crippen LogP contribution in [0.4, 0.5) is 0 Å². The zero-order valence-electron chi connectivity index (χ0n) is 10.4. The maximum absolute atomic E-state index is 11.1. The van der Waals surface area contributed by atoms with Crippen molar-refractivity contribution in [1.29, 1.82) is 0 Å². The molecule has 17 heavy (non-hydrogen) atoms. The van der Waals surface area contributed by atoms with Gasteiger partial charge in [-0.05, 0) is 32.0 Å². The van der Waals surface area contributed by atoms with Gasteiger partial charge in [-0.2, -0.15) is 0 Å². The molecule has 1 fully saturated rings. The van der Waals surface area contributed by atoms with Gasteiger partial charge in [-0.1, -0.05) is 6.92 Å². The predicted octanol–water partition coefficient (Wildman–Crippen LogP) is 2.14. The Hall–Kier alpha value is -1.29.